The number of fused-ring (bicyclic) bond motifs is 6. The van der Waals surface area contributed by atoms with Crippen molar-refractivity contribution in [3.8, 4) is 0 Å². The molecule has 5 nitrogen and oxygen atoms in total. The van der Waals surface area contributed by atoms with E-state index >= 15 is 4.39 Å². The predicted molar refractivity (Wildman–Crippen MR) is 103 cm³/mol. The van der Waals surface area contributed by atoms with Crippen LogP contribution < -0.4 is 0 Å². The van der Waals surface area contributed by atoms with Gasteiger partial charge < -0.3 is 24.1 Å². The molecule has 29 heavy (non-hydrogen) atoms. The van der Waals surface area contributed by atoms with Crippen molar-refractivity contribution < 1.29 is 28.4 Å². The molecule has 4 saturated carbocycles. The van der Waals surface area contributed by atoms with Gasteiger partial charge in [-0.25, -0.2) is 4.39 Å². The monoisotopic (exact) mass is 410 g/mol. The maximum Gasteiger partial charge on any atom is 0.205 e. The van der Waals surface area contributed by atoms with Crippen LogP contribution in [0.2, 0.25) is 0 Å². The Morgan fingerprint density at radius 2 is 1.52 bits per heavy atom. The molecule has 1 N–H and O–H groups in total. The molecule has 0 aromatic carbocycles. The van der Waals surface area contributed by atoms with Crippen LogP contribution in [0, 0.1) is 34.5 Å². The fraction of sp³-hybridized carbons (Fsp3) is 1.00. The van der Waals surface area contributed by atoms with Gasteiger partial charge in [0.2, 0.25) is 5.79 Å². The highest BCUT2D eigenvalue weighted by Crippen LogP contribution is 2.70. The van der Waals surface area contributed by atoms with Crippen molar-refractivity contribution in [1.29, 1.82) is 0 Å². The zero-order chi connectivity index (χ0) is 20.1. The van der Waals surface area contributed by atoms with Gasteiger partial charge in [-0.2, -0.15) is 0 Å². The molecule has 2 heterocycles. The van der Waals surface area contributed by atoms with Crippen molar-refractivity contribution in [2.75, 3.05) is 26.4 Å². The minimum atomic E-state index is -1.07. The minimum absolute atomic E-state index is 0.0587. The quantitative estimate of drug-likeness (QED) is 0.663. The lowest BCUT2D eigenvalue weighted by Gasteiger charge is -2.63. The lowest BCUT2D eigenvalue weighted by molar-refractivity contribution is -0.278. The topological polar surface area (TPSA) is 57.2 Å². The summed E-state index contributed by atoms with van der Waals surface area (Å²) in [6, 6.07) is 0. The van der Waals surface area contributed by atoms with E-state index in [0.717, 1.165) is 38.5 Å². The fourth-order valence-corrected chi connectivity index (χ4v) is 8.85. The van der Waals surface area contributed by atoms with E-state index in [1.54, 1.807) is 0 Å². The first-order chi connectivity index (χ1) is 13.8. The van der Waals surface area contributed by atoms with E-state index in [1.807, 2.05) is 0 Å². The zero-order valence-corrected chi connectivity index (χ0v) is 17.7. The van der Waals surface area contributed by atoms with Crippen molar-refractivity contribution in [3.63, 3.8) is 0 Å². The molecule has 0 aromatic rings. The van der Waals surface area contributed by atoms with Gasteiger partial charge >= 0.3 is 0 Å². The van der Waals surface area contributed by atoms with E-state index in [9.17, 15) is 5.11 Å². The van der Waals surface area contributed by atoms with Crippen molar-refractivity contribution in [2.45, 2.75) is 82.6 Å². The van der Waals surface area contributed by atoms with E-state index in [-0.39, 0.29) is 28.8 Å². The Morgan fingerprint density at radius 1 is 0.828 bits per heavy atom. The van der Waals surface area contributed by atoms with E-state index in [0.29, 0.717) is 44.7 Å². The standard InChI is InChI=1S/C23H35FO5/c1-20-5-6-22(26-7-8-27-22)13-17(20)18(25)11-14-15(20)3-4-21(2)16(14)12-19(24)23(21)28-9-10-29-23/h14-19,25H,3-13H2,1-2H3. The molecule has 8 atom stereocenters. The first-order valence-corrected chi connectivity index (χ1v) is 11.7. The van der Waals surface area contributed by atoms with Gasteiger partial charge in [-0.05, 0) is 61.2 Å². The number of aliphatic hydroxyl groups is 1. The molecule has 8 unspecified atom stereocenters. The number of alkyl halides is 1. The number of rotatable bonds is 0. The molecule has 6 aliphatic rings. The summed E-state index contributed by atoms with van der Waals surface area (Å²) in [6.07, 6.45) is 4.51. The average molecular weight is 411 g/mol. The molecule has 0 bridgehead atoms. The second kappa shape index (κ2) is 6.16. The second-order valence-corrected chi connectivity index (χ2v) is 11.1. The van der Waals surface area contributed by atoms with E-state index in [1.165, 1.54) is 0 Å². The number of aliphatic hydroxyl groups excluding tert-OH is 1. The summed E-state index contributed by atoms with van der Waals surface area (Å²) in [5, 5.41) is 11.3. The van der Waals surface area contributed by atoms with Gasteiger partial charge in [0, 0.05) is 18.3 Å². The predicted octanol–water partition coefficient (Wildman–Crippen LogP) is 3.43. The zero-order valence-electron chi connectivity index (χ0n) is 17.7. The number of ether oxygens (including phenoxy) is 4. The van der Waals surface area contributed by atoms with Crippen molar-refractivity contribution >= 4 is 0 Å². The van der Waals surface area contributed by atoms with E-state index < -0.39 is 17.7 Å². The van der Waals surface area contributed by atoms with Crippen LogP contribution in [0.15, 0.2) is 0 Å². The number of hydrogen-bond donors (Lipinski definition) is 1. The van der Waals surface area contributed by atoms with Crippen molar-refractivity contribution in [3.05, 3.63) is 0 Å². The van der Waals surface area contributed by atoms with Crippen LogP contribution in [-0.2, 0) is 18.9 Å². The van der Waals surface area contributed by atoms with Gasteiger partial charge in [-0.3, -0.25) is 0 Å². The maximum atomic E-state index is 15.4. The van der Waals surface area contributed by atoms with Crippen LogP contribution >= 0.6 is 0 Å². The summed E-state index contributed by atoms with van der Waals surface area (Å²) < 4.78 is 39.4. The Balaban J connectivity index is 1.32. The van der Waals surface area contributed by atoms with Crippen LogP contribution in [0.1, 0.15) is 58.8 Å². The number of hydrogen-bond acceptors (Lipinski definition) is 5. The van der Waals surface area contributed by atoms with Gasteiger partial charge in [-0.15, -0.1) is 0 Å². The Hall–Kier alpha value is -0.270. The van der Waals surface area contributed by atoms with Gasteiger partial charge in [0.25, 0.3) is 0 Å². The Morgan fingerprint density at radius 3 is 2.24 bits per heavy atom. The Bertz CT molecular complexity index is 674. The van der Waals surface area contributed by atoms with Crippen molar-refractivity contribution in [2.24, 2.45) is 34.5 Å². The molecule has 6 fully saturated rings. The Labute approximate surface area is 172 Å². The van der Waals surface area contributed by atoms with Crippen LogP contribution in [0.3, 0.4) is 0 Å². The minimum Gasteiger partial charge on any atom is -0.393 e. The summed E-state index contributed by atoms with van der Waals surface area (Å²) >= 11 is 0. The van der Waals surface area contributed by atoms with Crippen LogP contribution in [0.4, 0.5) is 4.39 Å². The third-order valence-corrected chi connectivity index (χ3v) is 10.3. The molecule has 2 aliphatic heterocycles. The molecular formula is C23H35FO5. The first-order valence-electron chi connectivity index (χ1n) is 11.7. The normalized spacial score (nSPS) is 55.0. The summed E-state index contributed by atoms with van der Waals surface area (Å²) in [5.41, 5.74) is -0.246. The largest absolute Gasteiger partial charge is 0.393 e. The smallest absolute Gasteiger partial charge is 0.205 e. The lowest BCUT2D eigenvalue weighted by Crippen LogP contribution is -2.62. The highest BCUT2D eigenvalue weighted by atomic mass is 19.1. The summed E-state index contributed by atoms with van der Waals surface area (Å²) in [6.45, 7) is 6.86. The molecule has 2 spiro atoms. The molecule has 0 radical (unpaired) electrons. The Kier molecular flexibility index (Phi) is 4.12. The van der Waals surface area contributed by atoms with Crippen LogP contribution in [0.25, 0.3) is 0 Å². The summed E-state index contributed by atoms with van der Waals surface area (Å²) in [5.74, 6) is -0.305. The molecular weight excluding hydrogens is 375 g/mol. The first kappa shape index (κ1) is 19.4. The second-order valence-electron chi connectivity index (χ2n) is 11.1. The summed E-state index contributed by atoms with van der Waals surface area (Å²) in [4.78, 5) is 0. The molecule has 2 saturated heterocycles. The van der Waals surface area contributed by atoms with Gasteiger partial charge in [0.1, 0.15) is 0 Å². The van der Waals surface area contributed by atoms with E-state index in [2.05, 4.69) is 13.8 Å². The van der Waals surface area contributed by atoms with Crippen LogP contribution in [0.5, 0.6) is 0 Å². The third kappa shape index (κ3) is 2.33. The van der Waals surface area contributed by atoms with Crippen molar-refractivity contribution in [1.82, 2.24) is 0 Å². The highest BCUT2D eigenvalue weighted by molar-refractivity contribution is 5.17. The molecule has 0 amide bonds. The van der Waals surface area contributed by atoms with Gasteiger partial charge in [0.05, 0.1) is 32.5 Å². The van der Waals surface area contributed by atoms with Gasteiger partial charge in [-0.1, -0.05) is 13.8 Å². The average Bonchev–Trinajstić information content (AvgIpc) is 3.41. The maximum absolute atomic E-state index is 15.4. The fourth-order valence-electron chi connectivity index (χ4n) is 8.85. The van der Waals surface area contributed by atoms with E-state index in [4.69, 9.17) is 18.9 Å². The SMILES string of the molecule is CC12CCC3(CC1C(O)CC1C2CCC2(C)C1CC(F)C21OCCO1)OCCO3. The number of halogens is 1. The molecule has 6 rings (SSSR count). The molecule has 6 heteroatoms. The van der Waals surface area contributed by atoms with Gasteiger partial charge in [0.15, 0.2) is 12.0 Å². The van der Waals surface area contributed by atoms with Crippen LogP contribution in [-0.4, -0.2) is 55.4 Å². The lowest BCUT2D eigenvalue weighted by atomic mass is 9.44. The third-order valence-electron chi connectivity index (χ3n) is 10.3. The summed E-state index contributed by atoms with van der Waals surface area (Å²) in [7, 11) is 0. The molecule has 4 aliphatic carbocycles. The molecule has 164 valence electrons. The molecule has 0 aromatic heterocycles. The highest BCUT2D eigenvalue weighted by Gasteiger charge is 2.72.